The van der Waals surface area contributed by atoms with Crippen molar-refractivity contribution in [3.05, 3.63) is 70.7 Å². The monoisotopic (exact) mass is 268 g/mol. The molecule has 0 saturated carbocycles. The Morgan fingerprint density at radius 3 is 2.65 bits per heavy atom. The SMILES string of the molecule is Cc1ccc2oc(C(=O)c3cccc(F)c3)c(C)c2c1. The molecule has 100 valence electrons. The minimum Gasteiger partial charge on any atom is -0.452 e. The van der Waals surface area contributed by atoms with Crippen LogP contribution in [0.1, 0.15) is 27.2 Å². The zero-order chi connectivity index (χ0) is 14.3. The largest absolute Gasteiger partial charge is 0.452 e. The maximum Gasteiger partial charge on any atom is 0.228 e. The molecule has 0 bridgehead atoms. The number of carbonyl (C=O) groups is 1. The molecule has 20 heavy (non-hydrogen) atoms. The predicted molar refractivity (Wildman–Crippen MR) is 75.5 cm³/mol. The van der Waals surface area contributed by atoms with Crippen LogP contribution in [0.2, 0.25) is 0 Å². The first-order valence-corrected chi connectivity index (χ1v) is 6.36. The lowest BCUT2D eigenvalue weighted by molar-refractivity contribution is 0.101. The molecule has 3 rings (SSSR count). The van der Waals surface area contributed by atoms with Crippen molar-refractivity contribution >= 4 is 16.8 Å². The summed E-state index contributed by atoms with van der Waals surface area (Å²) >= 11 is 0. The molecule has 0 aliphatic rings. The van der Waals surface area contributed by atoms with Gasteiger partial charge in [0.2, 0.25) is 5.78 Å². The Morgan fingerprint density at radius 1 is 1.10 bits per heavy atom. The van der Waals surface area contributed by atoms with Crippen LogP contribution in [0.25, 0.3) is 11.0 Å². The molecule has 0 aliphatic heterocycles. The van der Waals surface area contributed by atoms with Gasteiger partial charge in [-0.15, -0.1) is 0 Å². The molecule has 2 nitrogen and oxygen atoms in total. The molecule has 0 N–H and O–H groups in total. The first-order chi connectivity index (χ1) is 9.56. The molecular formula is C17H13FO2. The van der Waals surface area contributed by atoms with Crippen molar-refractivity contribution in [3.8, 4) is 0 Å². The summed E-state index contributed by atoms with van der Waals surface area (Å²) in [6.07, 6.45) is 0. The highest BCUT2D eigenvalue weighted by Crippen LogP contribution is 2.28. The molecule has 1 heterocycles. The number of carbonyl (C=O) groups excluding carboxylic acids is 1. The summed E-state index contributed by atoms with van der Waals surface area (Å²) in [7, 11) is 0. The van der Waals surface area contributed by atoms with Crippen molar-refractivity contribution in [2.24, 2.45) is 0 Å². The fraction of sp³-hybridized carbons (Fsp3) is 0.118. The highest BCUT2D eigenvalue weighted by molar-refractivity contribution is 6.10. The normalized spacial score (nSPS) is 10.9. The Morgan fingerprint density at radius 2 is 1.90 bits per heavy atom. The van der Waals surface area contributed by atoms with Gasteiger partial charge in [0, 0.05) is 16.5 Å². The number of furan rings is 1. The van der Waals surface area contributed by atoms with Crippen molar-refractivity contribution in [3.63, 3.8) is 0 Å². The van der Waals surface area contributed by atoms with E-state index < -0.39 is 5.82 Å². The molecule has 3 aromatic rings. The van der Waals surface area contributed by atoms with Gasteiger partial charge in [0.15, 0.2) is 5.76 Å². The molecule has 0 aliphatic carbocycles. The van der Waals surface area contributed by atoms with Gasteiger partial charge in [-0.3, -0.25) is 4.79 Å². The van der Waals surface area contributed by atoms with Gasteiger partial charge in [-0.05, 0) is 38.1 Å². The van der Waals surface area contributed by atoms with Crippen molar-refractivity contribution in [2.45, 2.75) is 13.8 Å². The van der Waals surface area contributed by atoms with Crippen LogP contribution in [0.5, 0.6) is 0 Å². The average molecular weight is 268 g/mol. The van der Waals surface area contributed by atoms with Crippen LogP contribution in [-0.4, -0.2) is 5.78 Å². The highest BCUT2D eigenvalue weighted by Gasteiger charge is 2.19. The van der Waals surface area contributed by atoms with Crippen LogP contribution in [-0.2, 0) is 0 Å². The second-order valence-corrected chi connectivity index (χ2v) is 4.90. The quantitative estimate of drug-likeness (QED) is 0.644. The average Bonchev–Trinajstić information content (AvgIpc) is 2.75. The number of fused-ring (bicyclic) bond motifs is 1. The summed E-state index contributed by atoms with van der Waals surface area (Å²) in [5.41, 5.74) is 2.86. The number of benzene rings is 2. The summed E-state index contributed by atoms with van der Waals surface area (Å²) < 4.78 is 18.9. The second kappa shape index (κ2) is 4.60. The van der Waals surface area contributed by atoms with Crippen LogP contribution in [0.3, 0.4) is 0 Å². The van der Waals surface area contributed by atoms with Crippen LogP contribution in [0, 0.1) is 19.7 Å². The van der Waals surface area contributed by atoms with Gasteiger partial charge in [0.25, 0.3) is 0 Å². The topological polar surface area (TPSA) is 30.2 Å². The van der Waals surface area contributed by atoms with Crippen LogP contribution < -0.4 is 0 Å². The van der Waals surface area contributed by atoms with E-state index >= 15 is 0 Å². The predicted octanol–water partition coefficient (Wildman–Crippen LogP) is 4.42. The fourth-order valence-electron chi connectivity index (χ4n) is 2.31. The lowest BCUT2D eigenvalue weighted by Crippen LogP contribution is -2.01. The summed E-state index contributed by atoms with van der Waals surface area (Å²) in [6.45, 7) is 3.83. The van der Waals surface area contributed by atoms with Crippen LogP contribution in [0.15, 0.2) is 46.9 Å². The maximum absolute atomic E-state index is 13.2. The fourth-order valence-corrected chi connectivity index (χ4v) is 2.31. The van der Waals surface area contributed by atoms with Crippen LogP contribution >= 0.6 is 0 Å². The number of ketones is 1. The van der Waals surface area contributed by atoms with Gasteiger partial charge >= 0.3 is 0 Å². The molecule has 0 spiro atoms. The summed E-state index contributed by atoms with van der Waals surface area (Å²) in [5, 5.41) is 0.921. The molecule has 1 aromatic heterocycles. The Kier molecular flexibility index (Phi) is 2.90. The van der Waals surface area contributed by atoms with Gasteiger partial charge in [-0.2, -0.15) is 0 Å². The molecule has 0 unspecified atom stereocenters. The van der Waals surface area contributed by atoms with E-state index in [0.29, 0.717) is 11.1 Å². The molecule has 0 saturated heterocycles. The van der Waals surface area contributed by atoms with E-state index in [-0.39, 0.29) is 11.5 Å². The third-order valence-electron chi connectivity index (χ3n) is 3.38. The third kappa shape index (κ3) is 2.01. The van der Waals surface area contributed by atoms with E-state index in [1.165, 1.54) is 18.2 Å². The van der Waals surface area contributed by atoms with E-state index in [1.807, 2.05) is 32.0 Å². The molecule has 3 heteroatoms. The zero-order valence-electron chi connectivity index (χ0n) is 11.2. The standard InChI is InChI=1S/C17H13FO2/c1-10-6-7-15-14(8-10)11(2)17(20-15)16(19)12-4-3-5-13(18)9-12/h3-9H,1-2H3. The minimum atomic E-state index is -0.430. The lowest BCUT2D eigenvalue weighted by Gasteiger charge is -1.99. The first kappa shape index (κ1) is 12.6. The van der Waals surface area contributed by atoms with Crippen molar-refractivity contribution < 1.29 is 13.6 Å². The van der Waals surface area contributed by atoms with Crippen molar-refractivity contribution in [2.75, 3.05) is 0 Å². The van der Waals surface area contributed by atoms with Gasteiger partial charge < -0.3 is 4.42 Å². The van der Waals surface area contributed by atoms with Gasteiger partial charge in [-0.1, -0.05) is 23.8 Å². The lowest BCUT2D eigenvalue weighted by atomic mass is 10.0. The molecule has 0 atom stereocenters. The van der Waals surface area contributed by atoms with Gasteiger partial charge in [0.05, 0.1) is 0 Å². The van der Waals surface area contributed by atoms with E-state index in [4.69, 9.17) is 4.42 Å². The third-order valence-corrected chi connectivity index (χ3v) is 3.38. The second-order valence-electron chi connectivity index (χ2n) is 4.90. The minimum absolute atomic E-state index is 0.274. The van der Waals surface area contributed by atoms with Gasteiger partial charge in [0.1, 0.15) is 11.4 Å². The molecular weight excluding hydrogens is 255 g/mol. The Labute approximate surface area is 115 Å². The Balaban J connectivity index is 2.15. The first-order valence-electron chi connectivity index (χ1n) is 6.36. The summed E-state index contributed by atoms with van der Waals surface area (Å²) in [4.78, 5) is 12.4. The van der Waals surface area contributed by atoms with E-state index in [1.54, 1.807) is 6.07 Å². The van der Waals surface area contributed by atoms with Crippen LogP contribution in [0.4, 0.5) is 4.39 Å². The molecule has 2 aromatic carbocycles. The number of hydrogen-bond donors (Lipinski definition) is 0. The smallest absolute Gasteiger partial charge is 0.228 e. The molecule has 0 fully saturated rings. The summed E-state index contributed by atoms with van der Waals surface area (Å²) in [5.74, 6) is -0.451. The highest BCUT2D eigenvalue weighted by atomic mass is 19.1. The number of halogens is 1. The molecule has 0 radical (unpaired) electrons. The Hall–Kier alpha value is -2.42. The Bertz CT molecular complexity index is 815. The zero-order valence-corrected chi connectivity index (χ0v) is 11.2. The van der Waals surface area contributed by atoms with E-state index in [9.17, 15) is 9.18 Å². The van der Waals surface area contributed by atoms with Crippen molar-refractivity contribution in [1.82, 2.24) is 0 Å². The van der Waals surface area contributed by atoms with E-state index in [2.05, 4.69) is 0 Å². The van der Waals surface area contributed by atoms with Gasteiger partial charge in [-0.25, -0.2) is 4.39 Å². The maximum atomic E-state index is 13.2. The van der Waals surface area contributed by atoms with E-state index in [0.717, 1.165) is 16.5 Å². The summed E-state index contributed by atoms with van der Waals surface area (Å²) in [6, 6.07) is 11.4. The van der Waals surface area contributed by atoms with Crippen molar-refractivity contribution in [1.29, 1.82) is 0 Å². The number of rotatable bonds is 2. The number of aryl methyl sites for hydroxylation is 2. The number of hydrogen-bond acceptors (Lipinski definition) is 2. The molecule has 0 amide bonds.